The fraction of sp³-hybridized carbons (Fsp3) is 0.227. The number of rotatable bonds is 4. The summed E-state index contributed by atoms with van der Waals surface area (Å²) in [6, 6.07) is 16.4. The molecule has 0 aliphatic carbocycles. The van der Waals surface area contributed by atoms with Gasteiger partial charge in [-0.05, 0) is 31.0 Å². The van der Waals surface area contributed by atoms with Crippen molar-refractivity contribution < 1.29 is 14.3 Å². The van der Waals surface area contributed by atoms with Gasteiger partial charge in [0.15, 0.2) is 6.61 Å². The highest BCUT2D eigenvalue weighted by atomic mass is 35.5. The molecule has 2 aromatic carbocycles. The number of pyridine rings is 1. The molecule has 0 unspecified atom stereocenters. The maximum Gasteiger partial charge on any atom is 0.339 e. The van der Waals surface area contributed by atoms with Gasteiger partial charge in [-0.1, -0.05) is 48.0 Å². The van der Waals surface area contributed by atoms with Gasteiger partial charge in [0, 0.05) is 29.1 Å². The van der Waals surface area contributed by atoms with Crippen LogP contribution < -0.4 is 0 Å². The first kappa shape index (κ1) is 18.4. The number of nitrogens with zero attached hydrogens (tertiary/aromatic N) is 2. The lowest BCUT2D eigenvalue weighted by atomic mass is 10.0. The van der Waals surface area contributed by atoms with Gasteiger partial charge in [0.2, 0.25) is 0 Å². The molecule has 2 heterocycles. The third-order valence-electron chi connectivity index (χ3n) is 4.87. The van der Waals surface area contributed by atoms with Crippen molar-refractivity contribution in [3.8, 4) is 11.3 Å². The first-order valence-electron chi connectivity index (χ1n) is 9.23. The monoisotopic (exact) mass is 394 g/mol. The lowest BCUT2D eigenvalue weighted by Crippen LogP contribution is -2.32. The number of amides is 1. The van der Waals surface area contributed by atoms with Gasteiger partial charge in [0.1, 0.15) is 0 Å². The zero-order valence-corrected chi connectivity index (χ0v) is 16.0. The van der Waals surface area contributed by atoms with Crippen molar-refractivity contribution in [2.45, 2.75) is 12.8 Å². The number of esters is 1. The van der Waals surface area contributed by atoms with E-state index in [0.717, 1.165) is 31.5 Å². The van der Waals surface area contributed by atoms with E-state index < -0.39 is 5.97 Å². The molecule has 0 radical (unpaired) electrons. The summed E-state index contributed by atoms with van der Waals surface area (Å²) in [5, 5.41) is 1.23. The SMILES string of the molecule is O=C(OCC(=O)N1CCCC1)c1cc(-c2ccccc2Cl)nc2ccccc12. The van der Waals surface area contributed by atoms with E-state index in [9.17, 15) is 9.59 Å². The predicted molar refractivity (Wildman–Crippen MR) is 108 cm³/mol. The average Bonchev–Trinajstić information content (AvgIpc) is 3.26. The maximum absolute atomic E-state index is 12.8. The van der Waals surface area contributed by atoms with E-state index in [4.69, 9.17) is 16.3 Å². The number of aromatic nitrogens is 1. The summed E-state index contributed by atoms with van der Waals surface area (Å²) >= 11 is 6.31. The van der Waals surface area contributed by atoms with Gasteiger partial charge in [0.25, 0.3) is 5.91 Å². The Balaban J connectivity index is 1.66. The maximum atomic E-state index is 12.8. The molecule has 28 heavy (non-hydrogen) atoms. The van der Waals surface area contributed by atoms with Crippen molar-refractivity contribution in [1.82, 2.24) is 9.88 Å². The second-order valence-electron chi connectivity index (χ2n) is 6.72. The third kappa shape index (κ3) is 3.71. The van der Waals surface area contributed by atoms with E-state index >= 15 is 0 Å². The summed E-state index contributed by atoms with van der Waals surface area (Å²) in [5.41, 5.74) is 2.35. The molecule has 1 fully saturated rings. The zero-order chi connectivity index (χ0) is 19.5. The van der Waals surface area contributed by atoms with Crippen molar-refractivity contribution >= 4 is 34.4 Å². The standard InChI is InChI=1S/C22H19ClN2O3/c23-18-9-3-1-8-16(18)20-13-17(15-7-2-4-10-19(15)24-20)22(27)28-14-21(26)25-11-5-6-12-25/h1-4,7-10,13H,5-6,11-12,14H2. The Kier molecular flexibility index (Phi) is 5.26. The highest BCUT2D eigenvalue weighted by molar-refractivity contribution is 6.33. The van der Waals surface area contributed by atoms with Gasteiger partial charge in [0.05, 0.1) is 16.8 Å². The summed E-state index contributed by atoms with van der Waals surface area (Å²) in [7, 11) is 0. The normalized spacial score (nSPS) is 13.7. The van der Waals surface area contributed by atoms with Crippen LogP contribution in [0.1, 0.15) is 23.2 Å². The van der Waals surface area contributed by atoms with Gasteiger partial charge in [-0.25, -0.2) is 9.78 Å². The molecule has 6 heteroatoms. The Bertz CT molecular complexity index is 1040. The van der Waals surface area contributed by atoms with Gasteiger partial charge in [-0.15, -0.1) is 0 Å². The Morgan fingerprint density at radius 1 is 1.04 bits per heavy atom. The van der Waals surface area contributed by atoms with Gasteiger partial charge in [-0.3, -0.25) is 4.79 Å². The molecule has 5 nitrogen and oxygen atoms in total. The van der Waals surface area contributed by atoms with E-state index in [2.05, 4.69) is 4.98 Å². The number of carbonyl (C=O) groups is 2. The second kappa shape index (κ2) is 7.98. The van der Waals surface area contributed by atoms with E-state index in [1.807, 2.05) is 42.5 Å². The Labute approximate surface area is 167 Å². The fourth-order valence-corrected chi connectivity index (χ4v) is 3.65. The molecular weight excluding hydrogens is 376 g/mol. The van der Waals surface area contributed by atoms with Crippen LogP contribution in [0.5, 0.6) is 0 Å². The van der Waals surface area contributed by atoms with Crippen LogP contribution in [-0.4, -0.2) is 41.5 Å². The molecule has 0 saturated carbocycles. The van der Waals surface area contributed by atoms with E-state index in [1.165, 1.54) is 0 Å². The molecule has 1 saturated heterocycles. The number of halogens is 1. The summed E-state index contributed by atoms with van der Waals surface area (Å²) in [4.78, 5) is 31.4. The first-order chi connectivity index (χ1) is 13.6. The second-order valence-corrected chi connectivity index (χ2v) is 7.12. The largest absolute Gasteiger partial charge is 0.452 e. The number of carbonyl (C=O) groups excluding carboxylic acids is 2. The van der Waals surface area contributed by atoms with Crippen LogP contribution in [0.15, 0.2) is 54.6 Å². The molecule has 1 amide bonds. The van der Waals surface area contributed by atoms with Crippen molar-refractivity contribution in [3.63, 3.8) is 0 Å². The van der Waals surface area contributed by atoms with Crippen molar-refractivity contribution in [2.75, 3.05) is 19.7 Å². The van der Waals surface area contributed by atoms with Crippen LogP contribution >= 0.6 is 11.6 Å². The number of hydrogen-bond donors (Lipinski definition) is 0. The Hall–Kier alpha value is -2.92. The Morgan fingerprint density at radius 3 is 2.54 bits per heavy atom. The molecule has 0 N–H and O–H groups in total. The average molecular weight is 395 g/mol. The molecule has 0 bridgehead atoms. The minimum absolute atomic E-state index is 0.157. The van der Waals surface area contributed by atoms with Gasteiger partial charge >= 0.3 is 5.97 Å². The van der Waals surface area contributed by atoms with Crippen LogP contribution in [-0.2, 0) is 9.53 Å². The molecular formula is C22H19ClN2O3. The zero-order valence-electron chi connectivity index (χ0n) is 15.2. The highest BCUT2D eigenvalue weighted by Gasteiger charge is 2.21. The van der Waals surface area contributed by atoms with Crippen molar-refractivity contribution in [2.24, 2.45) is 0 Å². The summed E-state index contributed by atoms with van der Waals surface area (Å²) in [5.74, 6) is -0.699. The number of para-hydroxylation sites is 1. The van der Waals surface area contributed by atoms with Crippen LogP contribution in [0, 0.1) is 0 Å². The van der Waals surface area contributed by atoms with E-state index in [1.54, 1.807) is 17.0 Å². The highest BCUT2D eigenvalue weighted by Crippen LogP contribution is 2.30. The predicted octanol–water partition coefficient (Wildman–Crippen LogP) is 4.33. The van der Waals surface area contributed by atoms with E-state index in [0.29, 0.717) is 27.2 Å². The molecule has 1 aliphatic heterocycles. The molecule has 0 spiro atoms. The number of benzene rings is 2. The molecule has 1 aromatic heterocycles. The molecule has 142 valence electrons. The summed E-state index contributed by atoms with van der Waals surface area (Å²) in [6.45, 7) is 1.20. The third-order valence-corrected chi connectivity index (χ3v) is 5.20. The van der Waals surface area contributed by atoms with Crippen LogP contribution in [0.3, 0.4) is 0 Å². The summed E-state index contributed by atoms with van der Waals surface area (Å²) < 4.78 is 5.34. The first-order valence-corrected chi connectivity index (χ1v) is 9.61. The van der Waals surface area contributed by atoms with Crippen molar-refractivity contribution in [1.29, 1.82) is 0 Å². The quantitative estimate of drug-likeness (QED) is 0.618. The van der Waals surface area contributed by atoms with Crippen molar-refractivity contribution in [3.05, 3.63) is 65.2 Å². The fourth-order valence-electron chi connectivity index (χ4n) is 3.41. The number of fused-ring (bicyclic) bond motifs is 1. The molecule has 0 atom stereocenters. The number of hydrogen-bond acceptors (Lipinski definition) is 4. The smallest absolute Gasteiger partial charge is 0.339 e. The molecule has 1 aliphatic rings. The minimum atomic E-state index is -0.542. The topological polar surface area (TPSA) is 59.5 Å². The van der Waals surface area contributed by atoms with Crippen LogP contribution in [0.25, 0.3) is 22.2 Å². The lowest BCUT2D eigenvalue weighted by molar-refractivity contribution is -0.133. The molecule has 3 aromatic rings. The lowest BCUT2D eigenvalue weighted by Gasteiger charge is -2.15. The van der Waals surface area contributed by atoms with Crippen LogP contribution in [0.4, 0.5) is 0 Å². The van der Waals surface area contributed by atoms with Gasteiger partial charge in [-0.2, -0.15) is 0 Å². The van der Waals surface area contributed by atoms with E-state index in [-0.39, 0.29) is 12.5 Å². The minimum Gasteiger partial charge on any atom is -0.452 e. The Morgan fingerprint density at radius 2 is 1.75 bits per heavy atom. The number of ether oxygens (including phenoxy) is 1. The van der Waals surface area contributed by atoms with Gasteiger partial charge < -0.3 is 9.64 Å². The number of likely N-dealkylation sites (tertiary alicyclic amines) is 1. The van der Waals surface area contributed by atoms with Crippen LogP contribution in [0.2, 0.25) is 5.02 Å². The summed E-state index contributed by atoms with van der Waals surface area (Å²) in [6.07, 6.45) is 1.99. The molecule has 4 rings (SSSR count).